The molecule has 0 aromatic carbocycles. The van der Waals surface area contributed by atoms with Crippen molar-refractivity contribution in [3.63, 3.8) is 0 Å². The van der Waals surface area contributed by atoms with Crippen molar-refractivity contribution in [2.75, 3.05) is 6.61 Å². The van der Waals surface area contributed by atoms with Crippen LogP contribution in [0.2, 0.25) is 0 Å². The van der Waals surface area contributed by atoms with Crippen LogP contribution in [-0.4, -0.2) is 11.7 Å². The van der Waals surface area contributed by atoms with Crippen LogP contribution in [0.3, 0.4) is 0 Å². The lowest BCUT2D eigenvalue weighted by atomic mass is 10.3. The van der Waals surface area contributed by atoms with Gasteiger partial charge in [-0.2, -0.15) is 0 Å². The lowest BCUT2D eigenvalue weighted by Crippen LogP contribution is -1.96. The summed E-state index contributed by atoms with van der Waals surface area (Å²) in [5, 5.41) is 0.581. The Morgan fingerprint density at radius 1 is 1.56 bits per heavy atom. The molecule has 9 heavy (non-hydrogen) atoms. The fourth-order valence-corrected chi connectivity index (χ4v) is 0.773. The van der Waals surface area contributed by atoms with Crippen molar-refractivity contribution in [1.29, 1.82) is 0 Å². The van der Waals surface area contributed by atoms with Crippen molar-refractivity contribution in [3.8, 4) is 0 Å². The van der Waals surface area contributed by atoms with Gasteiger partial charge in [-0.15, -0.1) is 0 Å². The van der Waals surface area contributed by atoms with Gasteiger partial charge in [0.05, 0.1) is 6.61 Å². The molecule has 0 fully saturated rings. The summed E-state index contributed by atoms with van der Waals surface area (Å²) in [4.78, 5) is 0. The highest BCUT2D eigenvalue weighted by Gasteiger charge is 1.87. The fraction of sp³-hybridized carbons (Fsp3) is 0.571. The van der Waals surface area contributed by atoms with Gasteiger partial charge >= 0.3 is 0 Å². The van der Waals surface area contributed by atoms with Crippen LogP contribution >= 0.6 is 12.2 Å². The van der Waals surface area contributed by atoms with Gasteiger partial charge in [-0.1, -0.05) is 5.57 Å². The summed E-state index contributed by atoms with van der Waals surface area (Å²) in [7, 11) is 0. The van der Waals surface area contributed by atoms with Crippen molar-refractivity contribution in [3.05, 3.63) is 11.6 Å². The van der Waals surface area contributed by atoms with Gasteiger partial charge in [0.15, 0.2) is 5.05 Å². The fourth-order valence-electron chi connectivity index (χ4n) is 0.420. The molecule has 1 nitrogen and oxygen atoms in total. The predicted octanol–water partition coefficient (Wildman–Crippen LogP) is 2.32. The Bertz CT molecular complexity index is 123. The summed E-state index contributed by atoms with van der Waals surface area (Å²) in [6, 6.07) is 0. The molecule has 0 unspecified atom stereocenters. The van der Waals surface area contributed by atoms with E-state index in [2.05, 4.69) is 0 Å². The van der Waals surface area contributed by atoms with E-state index in [0.717, 1.165) is 0 Å². The lowest BCUT2D eigenvalue weighted by Gasteiger charge is -1.97. The van der Waals surface area contributed by atoms with Crippen molar-refractivity contribution >= 4 is 17.3 Å². The molecule has 0 aliphatic carbocycles. The number of ether oxygens (including phenoxy) is 1. The second kappa shape index (κ2) is 4.50. The highest BCUT2D eigenvalue weighted by molar-refractivity contribution is 7.80. The molecule has 0 radical (unpaired) electrons. The van der Waals surface area contributed by atoms with Gasteiger partial charge < -0.3 is 4.74 Å². The maximum absolute atomic E-state index is 5.01. The maximum Gasteiger partial charge on any atom is 0.183 e. The van der Waals surface area contributed by atoms with Crippen molar-refractivity contribution in [2.45, 2.75) is 20.8 Å². The smallest absolute Gasteiger partial charge is 0.183 e. The van der Waals surface area contributed by atoms with E-state index in [0.29, 0.717) is 11.7 Å². The maximum atomic E-state index is 5.01. The van der Waals surface area contributed by atoms with E-state index in [9.17, 15) is 0 Å². The summed E-state index contributed by atoms with van der Waals surface area (Å²) in [6.07, 6.45) is 1.85. The Labute approximate surface area is 61.7 Å². The monoisotopic (exact) mass is 144 g/mol. The first-order chi connectivity index (χ1) is 4.16. The van der Waals surface area contributed by atoms with E-state index >= 15 is 0 Å². The molecular formula is C7H12OS. The molecule has 0 N–H and O–H groups in total. The normalized spacial score (nSPS) is 8.33. The first-order valence-corrected chi connectivity index (χ1v) is 3.39. The molecule has 0 saturated carbocycles. The van der Waals surface area contributed by atoms with E-state index in [4.69, 9.17) is 17.0 Å². The minimum absolute atomic E-state index is 0.581. The molecule has 0 spiro atoms. The van der Waals surface area contributed by atoms with Gasteiger partial charge in [-0.05, 0) is 39.1 Å². The van der Waals surface area contributed by atoms with E-state index < -0.39 is 0 Å². The number of hydrogen-bond donors (Lipinski definition) is 0. The molecule has 0 aromatic rings. The summed E-state index contributed by atoms with van der Waals surface area (Å²) in [5.41, 5.74) is 1.17. The van der Waals surface area contributed by atoms with Gasteiger partial charge in [-0.3, -0.25) is 0 Å². The Kier molecular flexibility index (Phi) is 4.32. The molecule has 0 heterocycles. The quantitative estimate of drug-likeness (QED) is 0.434. The summed E-state index contributed by atoms with van der Waals surface area (Å²) in [5.74, 6) is 0. The zero-order chi connectivity index (χ0) is 7.28. The average molecular weight is 144 g/mol. The SMILES string of the molecule is CCOC(=S)C=C(C)C. The Hall–Kier alpha value is -0.370. The lowest BCUT2D eigenvalue weighted by molar-refractivity contribution is 0.339. The van der Waals surface area contributed by atoms with E-state index in [1.807, 2.05) is 26.8 Å². The van der Waals surface area contributed by atoms with E-state index in [1.54, 1.807) is 0 Å². The molecule has 2 heteroatoms. The van der Waals surface area contributed by atoms with Crippen LogP contribution in [-0.2, 0) is 4.74 Å². The topological polar surface area (TPSA) is 9.23 Å². The van der Waals surface area contributed by atoms with Gasteiger partial charge in [0.25, 0.3) is 0 Å². The van der Waals surface area contributed by atoms with Crippen LogP contribution < -0.4 is 0 Å². The van der Waals surface area contributed by atoms with E-state index in [-0.39, 0.29) is 0 Å². The van der Waals surface area contributed by atoms with Crippen LogP contribution in [0, 0.1) is 0 Å². The first kappa shape index (κ1) is 8.63. The third-order valence-corrected chi connectivity index (χ3v) is 0.929. The molecule has 0 aromatic heterocycles. The van der Waals surface area contributed by atoms with Crippen LogP contribution in [0.25, 0.3) is 0 Å². The van der Waals surface area contributed by atoms with Crippen molar-refractivity contribution < 1.29 is 4.74 Å². The van der Waals surface area contributed by atoms with Gasteiger partial charge in [-0.25, -0.2) is 0 Å². The molecule has 0 amide bonds. The Morgan fingerprint density at radius 3 is 2.44 bits per heavy atom. The zero-order valence-electron chi connectivity index (χ0n) is 6.10. The Balaban J connectivity index is 3.63. The average Bonchev–Trinajstić information content (AvgIpc) is 1.63. The van der Waals surface area contributed by atoms with Crippen molar-refractivity contribution in [2.24, 2.45) is 0 Å². The third-order valence-electron chi connectivity index (χ3n) is 0.693. The number of rotatable bonds is 2. The van der Waals surface area contributed by atoms with Crippen LogP contribution in [0.4, 0.5) is 0 Å². The zero-order valence-corrected chi connectivity index (χ0v) is 6.92. The summed E-state index contributed by atoms with van der Waals surface area (Å²) < 4.78 is 5.01. The highest BCUT2D eigenvalue weighted by atomic mass is 32.1. The summed E-state index contributed by atoms with van der Waals surface area (Å²) in [6.45, 7) is 6.56. The number of hydrogen-bond acceptors (Lipinski definition) is 2. The first-order valence-electron chi connectivity index (χ1n) is 2.98. The minimum Gasteiger partial charge on any atom is -0.484 e. The standard InChI is InChI=1S/C7H12OS/c1-4-8-7(9)5-6(2)3/h5H,4H2,1-3H3. The number of thiocarbonyl (C=S) groups is 1. The second-order valence-electron chi connectivity index (χ2n) is 1.97. The van der Waals surface area contributed by atoms with Gasteiger partial charge in [0.2, 0.25) is 0 Å². The largest absolute Gasteiger partial charge is 0.484 e. The van der Waals surface area contributed by atoms with E-state index in [1.165, 1.54) is 5.57 Å². The van der Waals surface area contributed by atoms with Crippen molar-refractivity contribution in [1.82, 2.24) is 0 Å². The summed E-state index contributed by atoms with van der Waals surface area (Å²) >= 11 is 4.83. The molecule has 0 rings (SSSR count). The van der Waals surface area contributed by atoms with Crippen LogP contribution in [0.1, 0.15) is 20.8 Å². The molecule has 0 aliphatic heterocycles. The molecule has 0 atom stereocenters. The van der Waals surface area contributed by atoms with Crippen LogP contribution in [0.5, 0.6) is 0 Å². The van der Waals surface area contributed by atoms with Crippen LogP contribution in [0.15, 0.2) is 11.6 Å². The molecular weight excluding hydrogens is 132 g/mol. The Morgan fingerprint density at radius 2 is 2.11 bits per heavy atom. The molecule has 0 bridgehead atoms. The molecule has 0 aliphatic rings. The minimum atomic E-state index is 0.581. The highest BCUT2D eigenvalue weighted by Crippen LogP contribution is 1.92. The third kappa shape index (κ3) is 5.50. The predicted molar refractivity (Wildman–Crippen MR) is 43.7 cm³/mol. The van der Waals surface area contributed by atoms with Gasteiger partial charge in [0, 0.05) is 0 Å². The number of allylic oxidation sites excluding steroid dienone is 1. The molecule has 0 saturated heterocycles. The van der Waals surface area contributed by atoms with Gasteiger partial charge in [0.1, 0.15) is 0 Å². The second-order valence-corrected chi connectivity index (χ2v) is 2.38. The molecule has 52 valence electrons.